The Bertz CT molecular complexity index is 523. The molecule has 0 aliphatic carbocycles. The molecule has 0 fully saturated rings. The van der Waals surface area contributed by atoms with Crippen LogP contribution in [0.4, 0.5) is 0 Å². The quantitative estimate of drug-likeness (QED) is 0.652. The number of hydrogen-bond acceptors (Lipinski definition) is 1. The molecule has 0 saturated carbocycles. The van der Waals surface area contributed by atoms with Gasteiger partial charge in [0.15, 0.2) is 0 Å². The molecule has 3 heteroatoms. The average Bonchev–Trinajstić information content (AvgIpc) is 2.32. The minimum atomic E-state index is 0.775. The molecule has 0 radical (unpaired) electrons. The van der Waals surface area contributed by atoms with Crippen LogP contribution in [0.5, 0.6) is 5.75 Å². The van der Waals surface area contributed by atoms with Crippen LogP contribution in [0.1, 0.15) is 19.8 Å². The van der Waals surface area contributed by atoms with Crippen LogP contribution in [0.3, 0.4) is 0 Å². The molecule has 1 nitrogen and oxygen atoms in total. The Balaban J connectivity index is 2.33. The van der Waals surface area contributed by atoms with Crippen molar-refractivity contribution in [1.29, 1.82) is 0 Å². The smallest absolute Gasteiger partial charge is 0.134 e. The molecule has 2 aromatic carbocycles. The number of benzene rings is 2. The predicted octanol–water partition coefficient (Wildman–Crippen LogP) is 5.54. The lowest BCUT2D eigenvalue weighted by Gasteiger charge is -2.10. The Kier molecular flexibility index (Phi) is 4.46. The van der Waals surface area contributed by atoms with Crippen molar-refractivity contribution in [3.8, 4) is 5.75 Å². The Hall–Kier alpha value is -0.540. The summed E-state index contributed by atoms with van der Waals surface area (Å²) in [7, 11) is 0. The Morgan fingerprint density at radius 2 is 1.94 bits per heavy atom. The van der Waals surface area contributed by atoms with Crippen LogP contribution >= 0.6 is 31.9 Å². The Morgan fingerprint density at radius 1 is 1.12 bits per heavy atom. The van der Waals surface area contributed by atoms with E-state index in [0.717, 1.165) is 34.1 Å². The second kappa shape index (κ2) is 5.87. The summed E-state index contributed by atoms with van der Waals surface area (Å²) in [6.45, 7) is 2.94. The maximum Gasteiger partial charge on any atom is 0.134 e. The molecule has 2 aromatic rings. The molecule has 0 heterocycles. The fraction of sp³-hybridized carbons (Fsp3) is 0.286. The van der Waals surface area contributed by atoms with Gasteiger partial charge in [-0.3, -0.25) is 0 Å². The normalized spacial score (nSPS) is 10.8. The lowest BCUT2D eigenvalue weighted by atomic mass is 10.1. The molecule has 0 unspecified atom stereocenters. The first-order valence-corrected chi connectivity index (χ1v) is 7.31. The molecule has 90 valence electrons. The maximum atomic E-state index is 5.76. The van der Waals surface area contributed by atoms with Crippen LogP contribution in [-0.4, -0.2) is 6.61 Å². The zero-order chi connectivity index (χ0) is 12.3. The summed E-state index contributed by atoms with van der Waals surface area (Å²) >= 11 is 7.10. The summed E-state index contributed by atoms with van der Waals surface area (Å²) in [5, 5.41) is 2.39. The van der Waals surface area contributed by atoms with Gasteiger partial charge in [0.1, 0.15) is 5.75 Å². The first-order valence-electron chi connectivity index (χ1n) is 5.73. The number of fused-ring (bicyclic) bond motifs is 1. The third-order valence-electron chi connectivity index (χ3n) is 2.64. The molecule has 0 aliphatic heterocycles. The molecule has 0 aromatic heterocycles. The number of hydrogen-bond donors (Lipinski definition) is 0. The van der Waals surface area contributed by atoms with Gasteiger partial charge in [-0.25, -0.2) is 0 Å². The summed E-state index contributed by atoms with van der Waals surface area (Å²) in [5.74, 6) is 0.924. The highest BCUT2D eigenvalue weighted by atomic mass is 79.9. The van der Waals surface area contributed by atoms with Crippen LogP contribution in [0.25, 0.3) is 10.8 Å². The summed E-state index contributed by atoms with van der Waals surface area (Å²) in [6.07, 6.45) is 2.24. The van der Waals surface area contributed by atoms with Crippen LogP contribution in [0.15, 0.2) is 39.3 Å². The highest BCUT2D eigenvalue weighted by Gasteiger charge is 2.06. The van der Waals surface area contributed by atoms with Crippen LogP contribution in [-0.2, 0) is 0 Å². The fourth-order valence-electron chi connectivity index (χ4n) is 1.68. The van der Waals surface area contributed by atoms with Crippen molar-refractivity contribution < 1.29 is 4.74 Å². The second-order valence-corrected chi connectivity index (χ2v) is 5.65. The molecule has 0 atom stereocenters. The fourth-order valence-corrected chi connectivity index (χ4v) is 2.67. The minimum Gasteiger partial charge on any atom is -0.492 e. The summed E-state index contributed by atoms with van der Waals surface area (Å²) in [6, 6.07) is 10.4. The van der Waals surface area contributed by atoms with Gasteiger partial charge in [0, 0.05) is 4.47 Å². The maximum absolute atomic E-state index is 5.76. The minimum absolute atomic E-state index is 0.775. The van der Waals surface area contributed by atoms with Crippen molar-refractivity contribution >= 4 is 42.6 Å². The number of unbranched alkanes of at least 4 members (excludes halogenated alkanes) is 1. The largest absolute Gasteiger partial charge is 0.492 e. The van der Waals surface area contributed by atoms with Crippen LogP contribution in [0.2, 0.25) is 0 Å². The summed E-state index contributed by atoms with van der Waals surface area (Å²) < 4.78 is 7.89. The lowest BCUT2D eigenvalue weighted by Crippen LogP contribution is -1.97. The molecular weight excluding hydrogens is 344 g/mol. The Morgan fingerprint density at radius 3 is 2.71 bits per heavy atom. The van der Waals surface area contributed by atoms with Crippen molar-refractivity contribution in [3.05, 3.63) is 39.3 Å². The molecule has 0 bridgehead atoms. The highest BCUT2D eigenvalue weighted by molar-refractivity contribution is 9.11. The number of ether oxygens (including phenoxy) is 1. The van der Waals surface area contributed by atoms with Gasteiger partial charge < -0.3 is 4.74 Å². The number of rotatable bonds is 4. The van der Waals surface area contributed by atoms with Crippen LogP contribution < -0.4 is 4.74 Å². The Labute approximate surface area is 118 Å². The first-order chi connectivity index (χ1) is 8.22. The first kappa shape index (κ1) is 12.9. The SMILES string of the molecule is CCCCOc1ccc2cc(Br)ccc2c1Br. The van der Waals surface area contributed by atoms with Crippen LogP contribution in [0, 0.1) is 0 Å². The van der Waals surface area contributed by atoms with Crippen molar-refractivity contribution in [2.75, 3.05) is 6.61 Å². The van der Waals surface area contributed by atoms with Gasteiger partial charge in [-0.1, -0.05) is 41.4 Å². The monoisotopic (exact) mass is 356 g/mol. The van der Waals surface area contributed by atoms with Gasteiger partial charge in [-0.2, -0.15) is 0 Å². The third-order valence-corrected chi connectivity index (χ3v) is 3.95. The highest BCUT2D eigenvalue weighted by Crippen LogP contribution is 2.34. The van der Waals surface area contributed by atoms with E-state index in [-0.39, 0.29) is 0 Å². The van der Waals surface area contributed by atoms with E-state index in [1.807, 2.05) is 12.1 Å². The van der Waals surface area contributed by atoms with E-state index < -0.39 is 0 Å². The van der Waals surface area contributed by atoms with E-state index in [1.165, 1.54) is 10.8 Å². The zero-order valence-electron chi connectivity index (χ0n) is 9.67. The van der Waals surface area contributed by atoms with E-state index in [9.17, 15) is 0 Å². The lowest BCUT2D eigenvalue weighted by molar-refractivity contribution is 0.308. The molecule has 17 heavy (non-hydrogen) atoms. The molecule has 0 spiro atoms. The summed E-state index contributed by atoms with van der Waals surface area (Å²) in [4.78, 5) is 0. The van der Waals surface area contributed by atoms with Gasteiger partial charge in [0.2, 0.25) is 0 Å². The van der Waals surface area contributed by atoms with E-state index >= 15 is 0 Å². The van der Waals surface area contributed by atoms with Gasteiger partial charge in [0.25, 0.3) is 0 Å². The van der Waals surface area contributed by atoms with E-state index in [2.05, 4.69) is 57.0 Å². The van der Waals surface area contributed by atoms with Gasteiger partial charge in [-0.05, 0) is 51.3 Å². The molecule has 0 saturated heterocycles. The molecular formula is C14H14Br2O. The van der Waals surface area contributed by atoms with E-state index in [0.29, 0.717) is 0 Å². The van der Waals surface area contributed by atoms with Gasteiger partial charge in [0.05, 0.1) is 11.1 Å². The molecule has 0 N–H and O–H groups in total. The second-order valence-electron chi connectivity index (χ2n) is 3.95. The zero-order valence-corrected chi connectivity index (χ0v) is 12.8. The number of halogens is 2. The predicted molar refractivity (Wildman–Crippen MR) is 79.8 cm³/mol. The van der Waals surface area contributed by atoms with Gasteiger partial charge in [-0.15, -0.1) is 0 Å². The van der Waals surface area contributed by atoms with Crippen molar-refractivity contribution in [1.82, 2.24) is 0 Å². The molecule has 2 rings (SSSR count). The van der Waals surface area contributed by atoms with Crippen molar-refractivity contribution in [2.24, 2.45) is 0 Å². The standard InChI is InChI=1S/C14H14Br2O/c1-2-3-8-17-13-7-4-10-9-11(15)5-6-12(10)14(13)16/h4-7,9H,2-3,8H2,1H3. The third kappa shape index (κ3) is 3.02. The average molecular weight is 358 g/mol. The van der Waals surface area contributed by atoms with Crippen molar-refractivity contribution in [2.45, 2.75) is 19.8 Å². The summed E-state index contributed by atoms with van der Waals surface area (Å²) in [5.41, 5.74) is 0. The van der Waals surface area contributed by atoms with Gasteiger partial charge >= 0.3 is 0 Å². The topological polar surface area (TPSA) is 9.23 Å². The van der Waals surface area contributed by atoms with E-state index in [1.54, 1.807) is 0 Å². The van der Waals surface area contributed by atoms with E-state index in [4.69, 9.17) is 4.74 Å². The van der Waals surface area contributed by atoms with Crippen molar-refractivity contribution in [3.63, 3.8) is 0 Å². The molecule has 0 amide bonds. The molecule has 0 aliphatic rings.